The molecule has 5 heteroatoms. The number of nitrogens with two attached hydrogens (primary N) is 1. The second-order valence-corrected chi connectivity index (χ2v) is 6.02. The zero-order chi connectivity index (χ0) is 14.6. The van der Waals surface area contributed by atoms with Gasteiger partial charge < -0.3 is 10.5 Å². The summed E-state index contributed by atoms with van der Waals surface area (Å²) >= 11 is 0. The summed E-state index contributed by atoms with van der Waals surface area (Å²) in [6.45, 7) is 5.06. The predicted octanol–water partition coefficient (Wildman–Crippen LogP) is 2.65. The van der Waals surface area contributed by atoms with Crippen LogP contribution in [0.5, 0.6) is 5.75 Å². The summed E-state index contributed by atoms with van der Waals surface area (Å²) in [6.07, 6.45) is 1.69. The Hall–Kier alpha value is -2.56. The number of hydrogen-bond acceptors (Lipinski definition) is 4. The Bertz CT molecular complexity index is 851. The van der Waals surface area contributed by atoms with E-state index in [9.17, 15) is 0 Å². The van der Waals surface area contributed by atoms with Crippen LogP contribution in [0.25, 0.3) is 16.9 Å². The van der Waals surface area contributed by atoms with Crippen molar-refractivity contribution in [3.63, 3.8) is 0 Å². The maximum atomic E-state index is 5.93. The van der Waals surface area contributed by atoms with Gasteiger partial charge in [-0.1, -0.05) is 26.0 Å². The van der Waals surface area contributed by atoms with E-state index in [4.69, 9.17) is 10.5 Å². The zero-order valence-electron chi connectivity index (χ0n) is 12.0. The lowest BCUT2D eigenvalue weighted by Gasteiger charge is -2.14. The molecule has 2 N–H and O–H groups in total. The Morgan fingerprint density at radius 2 is 2.14 bits per heavy atom. The maximum Gasteiger partial charge on any atom is 0.157 e. The first-order valence-electron chi connectivity index (χ1n) is 6.93. The molecule has 1 aliphatic rings. The normalized spacial score (nSPS) is 15.9. The van der Waals surface area contributed by atoms with Crippen molar-refractivity contribution in [3.05, 3.63) is 42.1 Å². The van der Waals surface area contributed by atoms with E-state index in [2.05, 4.69) is 30.0 Å². The molecule has 0 aliphatic carbocycles. The predicted molar refractivity (Wildman–Crippen MR) is 81.4 cm³/mol. The summed E-state index contributed by atoms with van der Waals surface area (Å²) in [7, 11) is 0. The van der Waals surface area contributed by atoms with E-state index < -0.39 is 0 Å². The number of benzene rings is 1. The lowest BCUT2D eigenvalue weighted by molar-refractivity contribution is 0.291. The van der Waals surface area contributed by atoms with E-state index in [-0.39, 0.29) is 5.41 Å². The smallest absolute Gasteiger partial charge is 0.157 e. The summed E-state index contributed by atoms with van der Waals surface area (Å²) in [6, 6.07) is 9.86. The number of para-hydroxylation sites is 1. The van der Waals surface area contributed by atoms with Crippen molar-refractivity contribution in [2.24, 2.45) is 0 Å². The van der Waals surface area contributed by atoms with E-state index >= 15 is 0 Å². The fourth-order valence-corrected chi connectivity index (χ4v) is 2.80. The minimum atomic E-state index is 0.0295. The van der Waals surface area contributed by atoms with Crippen LogP contribution in [-0.2, 0) is 5.41 Å². The Morgan fingerprint density at radius 1 is 1.29 bits per heavy atom. The molecule has 1 aromatic carbocycles. The minimum absolute atomic E-state index is 0.0295. The van der Waals surface area contributed by atoms with Crippen LogP contribution in [0.4, 0.5) is 5.82 Å². The fraction of sp³-hybridized carbons (Fsp3) is 0.250. The standard InChI is InChI=1S/C16H16N4O/c1-16(2)9-21-15-10(4-3-5-11(15)16)12-8-14-18-7-6-13(17)20(14)19-12/h3-8H,9,17H2,1-2H3. The number of hydrogen-bond donors (Lipinski definition) is 1. The summed E-state index contributed by atoms with van der Waals surface area (Å²) < 4.78 is 7.57. The highest BCUT2D eigenvalue weighted by atomic mass is 16.5. The van der Waals surface area contributed by atoms with Crippen LogP contribution in [0, 0.1) is 0 Å². The molecule has 0 radical (unpaired) electrons. The SMILES string of the molecule is CC1(C)COc2c(-c3cc4nccc(N)n4n3)cccc21. The van der Waals surface area contributed by atoms with E-state index in [0.29, 0.717) is 12.4 Å². The van der Waals surface area contributed by atoms with E-state index in [0.717, 1.165) is 22.7 Å². The molecular weight excluding hydrogens is 264 g/mol. The van der Waals surface area contributed by atoms with Gasteiger partial charge in [-0.05, 0) is 12.1 Å². The minimum Gasteiger partial charge on any atom is -0.492 e. The molecule has 4 rings (SSSR count). The highest BCUT2D eigenvalue weighted by Crippen LogP contribution is 2.44. The number of anilines is 1. The van der Waals surface area contributed by atoms with Crippen LogP contribution in [0.2, 0.25) is 0 Å². The van der Waals surface area contributed by atoms with Gasteiger partial charge >= 0.3 is 0 Å². The Morgan fingerprint density at radius 3 is 2.95 bits per heavy atom. The highest BCUT2D eigenvalue weighted by molar-refractivity contribution is 5.74. The third-order valence-electron chi connectivity index (χ3n) is 3.98. The van der Waals surface area contributed by atoms with Gasteiger partial charge in [0.15, 0.2) is 5.65 Å². The van der Waals surface area contributed by atoms with Crippen LogP contribution < -0.4 is 10.5 Å². The number of fused-ring (bicyclic) bond motifs is 2. The fourth-order valence-electron chi connectivity index (χ4n) is 2.80. The van der Waals surface area contributed by atoms with Gasteiger partial charge in [0.25, 0.3) is 0 Å². The monoisotopic (exact) mass is 280 g/mol. The molecule has 0 amide bonds. The first-order valence-corrected chi connectivity index (χ1v) is 6.93. The molecule has 0 unspecified atom stereocenters. The van der Waals surface area contributed by atoms with Gasteiger partial charge in [0.05, 0.1) is 12.3 Å². The van der Waals surface area contributed by atoms with Crippen molar-refractivity contribution < 1.29 is 4.74 Å². The average Bonchev–Trinajstić information content (AvgIpc) is 3.02. The average molecular weight is 280 g/mol. The van der Waals surface area contributed by atoms with Crippen molar-refractivity contribution in [1.29, 1.82) is 0 Å². The van der Waals surface area contributed by atoms with Crippen molar-refractivity contribution in [2.75, 3.05) is 12.3 Å². The molecule has 0 saturated heterocycles. The van der Waals surface area contributed by atoms with E-state index in [1.807, 2.05) is 18.2 Å². The third kappa shape index (κ3) is 1.70. The summed E-state index contributed by atoms with van der Waals surface area (Å²) in [5.74, 6) is 1.49. The van der Waals surface area contributed by atoms with Gasteiger partial charge in [0.1, 0.15) is 11.6 Å². The van der Waals surface area contributed by atoms with Crippen LogP contribution in [0.15, 0.2) is 36.5 Å². The van der Waals surface area contributed by atoms with Crippen molar-refractivity contribution in [1.82, 2.24) is 14.6 Å². The summed E-state index contributed by atoms with van der Waals surface area (Å²) in [4.78, 5) is 4.29. The number of nitrogens with zero attached hydrogens (tertiary/aromatic N) is 3. The third-order valence-corrected chi connectivity index (χ3v) is 3.98. The highest BCUT2D eigenvalue weighted by Gasteiger charge is 2.33. The lowest BCUT2D eigenvalue weighted by atomic mass is 9.86. The van der Waals surface area contributed by atoms with Crippen molar-refractivity contribution in [2.45, 2.75) is 19.3 Å². The van der Waals surface area contributed by atoms with Crippen LogP contribution in [0.1, 0.15) is 19.4 Å². The van der Waals surface area contributed by atoms with Gasteiger partial charge in [0.2, 0.25) is 0 Å². The zero-order valence-corrected chi connectivity index (χ0v) is 12.0. The molecule has 3 heterocycles. The number of ether oxygens (including phenoxy) is 1. The molecule has 2 aromatic heterocycles. The van der Waals surface area contributed by atoms with Gasteiger partial charge in [-0.2, -0.15) is 9.61 Å². The second kappa shape index (κ2) is 3.97. The topological polar surface area (TPSA) is 65.4 Å². The molecule has 0 saturated carbocycles. The van der Waals surface area contributed by atoms with Gasteiger partial charge in [-0.15, -0.1) is 0 Å². The Labute approximate surface area is 122 Å². The van der Waals surface area contributed by atoms with Gasteiger partial charge in [-0.25, -0.2) is 4.98 Å². The van der Waals surface area contributed by atoms with Crippen molar-refractivity contribution >= 4 is 11.5 Å². The Kier molecular flexibility index (Phi) is 2.31. The molecular formula is C16H16N4O. The van der Waals surface area contributed by atoms with E-state index in [1.54, 1.807) is 16.8 Å². The van der Waals surface area contributed by atoms with Crippen molar-refractivity contribution in [3.8, 4) is 17.0 Å². The van der Waals surface area contributed by atoms with Crippen LogP contribution in [0.3, 0.4) is 0 Å². The van der Waals surface area contributed by atoms with E-state index in [1.165, 1.54) is 5.56 Å². The molecule has 0 atom stereocenters. The molecule has 3 aromatic rings. The second-order valence-electron chi connectivity index (χ2n) is 6.02. The largest absolute Gasteiger partial charge is 0.492 e. The molecule has 1 aliphatic heterocycles. The molecule has 21 heavy (non-hydrogen) atoms. The number of aromatic nitrogens is 3. The first kappa shape index (κ1) is 12.2. The quantitative estimate of drug-likeness (QED) is 0.744. The molecule has 5 nitrogen and oxygen atoms in total. The van der Waals surface area contributed by atoms with Gasteiger partial charge in [0, 0.05) is 28.8 Å². The number of nitrogen functional groups attached to an aromatic ring is 1. The molecule has 0 bridgehead atoms. The number of rotatable bonds is 1. The lowest BCUT2D eigenvalue weighted by Crippen LogP contribution is -2.18. The van der Waals surface area contributed by atoms with Crippen LogP contribution >= 0.6 is 0 Å². The summed E-state index contributed by atoms with van der Waals surface area (Å²) in [5, 5.41) is 4.56. The first-order chi connectivity index (χ1) is 10.1. The Balaban J connectivity index is 1.94. The maximum absolute atomic E-state index is 5.93. The molecule has 0 fully saturated rings. The van der Waals surface area contributed by atoms with Gasteiger partial charge in [-0.3, -0.25) is 0 Å². The summed E-state index contributed by atoms with van der Waals surface area (Å²) in [5.41, 5.74) is 9.74. The molecule has 0 spiro atoms. The van der Waals surface area contributed by atoms with Crippen LogP contribution in [-0.4, -0.2) is 21.2 Å². The molecule has 106 valence electrons.